The molecule has 1 heterocycles. The number of nitrogens with zero attached hydrogens (tertiary/aromatic N) is 1. The van der Waals surface area contributed by atoms with Gasteiger partial charge in [0.2, 0.25) is 0 Å². The Bertz CT molecular complexity index is 984. The summed E-state index contributed by atoms with van der Waals surface area (Å²) in [6.45, 7) is 0. The lowest BCUT2D eigenvalue weighted by Gasteiger charge is -2.17. The second kappa shape index (κ2) is 6.13. The number of aromatic nitrogens is 2. The molecule has 116 valence electrons. The van der Waals surface area contributed by atoms with Crippen molar-refractivity contribution in [3.8, 4) is 0 Å². The van der Waals surface area contributed by atoms with Gasteiger partial charge in [-0.15, -0.1) is 0 Å². The first-order chi connectivity index (χ1) is 11.8. The second-order valence-electron chi connectivity index (χ2n) is 5.72. The van der Waals surface area contributed by atoms with Gasteiger partial charge in [0.05, 0.1) is 17.0 Å². The Morgan fingerprint density at radius 3 is 1.88 bits per heavy atom. The molecule has 0 amide bonds. The van der Waals surface area contributed by atoms with Gasteiger partial charge in [-0.05, 0) is 23.3 Å². The van der Waals surface area contributed by atoms with Crippen LogP contribution in [0.1, 0.15) is 22.7 Å². The summed E-state index contributed by atoms with van der Waals surface area (Å²) in [6.07, 6.45) is 0. The Hall–Kier alpha value is -3.20. The number of aromatic amines is 1. The molecule has 0 aliphatic heterocycles. The Labute approximate surface area is 139 Å². The molecule has 0 aliphatic rings. The van der Waals surface area contributed by atoms with Crippen LogP contribution in [0.5, 0.6) is 0 Å². The van der Waals surface area contributed by atoms with Crippen LogP contribution in [0, 0.1) is 0 Å². The third kappa shape index (κ3) is 2.61. The normalized spacial score (nSPS) is 11.0. The molecule has 3 aromatic carbocycles. The molecule has 0 atom stereocenters. The van der Waals surface area contributed by atoms with Gasteiger partial charge in [0.25, 0.3) is 5.56 Å². The molecule has 0 saturated heterocycles. The van der Waals surface area contributed by atoms with Crippen LogP contribution < -0.4 is 5.56 Å². The molecule has 4 aromatic rings. The van der Waals surface area contributed by atoms with E-state index >= 15 is 0 Å². The van der Waals surface area contributed by atoms with Crippen molar-refractivity contribution in [2.75, 3.05) is 0 Å². The molecule has 0 bridgehead atoms. The van der Waals surface area contributed by atoms with Crippen LogP contribution in [0.15, 0.2) is 89.7 Å². The molecule has 3 heteroatoms. The van der Waals surface area contributed by atoms with Crippen molar-refractivity contribution in [3.05, 3.63) is 112 Å². The maximum atomic E-state index is 12.7. The van der Waals surface area contributed by atoms with Gasteiger partial charge in [0.15, 0.2) is 0 Å². The molecule has 0 fully saturated rings. The van der Waals surface area contributed by atoms with Gasteiger partial charge in [-0.2, -0.15) is 0 Å². The zero-order valence-corrected chi connectivity index (χ0v) is 13.0. The van der Waals surface area contributed by atoms with Gasteiger partial charge in [-0.1, -0.05) is 72.8 Å². The molecule has 3 nitrogen and oxygen atoms in total. The van der Waals surface area contributed by atoms with Crippen molar-refractivity contribution in [2.45, 2.75) is 5.92 Å². The minimum atomic E-state index is -0.194. The molecule has 0 radical (unpaired) electrons. The number of fused-ring (bicyclic) bond motifs is 1. The number of benzene rings is 3. The number of rotatable bonds is 3. The van der Waals surface area contributed by atoms with Crippen molar-refractivity contribution in [1.29, 1.82) is 0 Å². The van der Waals surface area contributed by atoms with E-state index in [4.69, 9.17) is 0 Å². The van der Waals surface area contributed by atoms with E-state index in [2.05, 4.69) is 9.97 Å². The smallest absolute Gasteiger partial charge is 0.271 e. The molecule has 1 N–H and O–H groups in total. The predicted octanol–water partition coefficient (Wildman–Crippen LogP) is 4.10. The average molecular weight is 312 g/mol. The molecule has 0 saturated carbocycles. The second-order valence-corrected chi connectivity index (χ2v) is 5.72. The lowest BCUT2D eigenvalue weighted by molar-refractivity contribution is 0.896. The van der Waals surface area contributed by atoms with Gasteiger partial charge in [-0.3, -0.25) is 4.79 Å². The third-order valence-electron chi connectivity index (χ3n) is 4.17. The monoisotopic (exact) mass is 312 g/mol. The van der Waals surface area contributed by atoms with Crippen LogP contribution in [-0.2, 0) is 0 Å². The number of para-hydroxylation sites is 2. The van der Waals surface area contributed by atoms with Gasteiger partial charge in [0, 0.05) is 0 Å². The molecule has 0 unspecified atom stereocenters. The highest BCUT2D eigenvalue weighted by molar-refractivity contribution is 5.73. The van der Waals surface area contributed by atoms with Crippen LogP contribution in [-0.4, -0.2) is 9.97 Å². The van der Waals surface area contributed by atoms with E-state index < -0.39 is 0 Å². The lowest BCUT2D eigenvalue weighted by Crippen LogP contribution is -2.20. The first-order valence-corrected chi connectivity index (χ1v) is 7.92. The summed E-state index contributed by atoms with van der Waals surface area (Å²) in [5.74, 6) is -0.194. The maximum Gasteiger partial charge on any atom is 0.271 e. The van der Waals surface area contributed by atoms with Gasteiger partial charge in [-0.25, -0.2) is 4.98 Å². The Balaban J connectivity index is 1.97. The maximum absolute atomic E-state index is 12.7. The summed E-state index contributed by atoms with van der Waals surface area (Å²) < 4.78 is 0. The molecule has 1 aromatic heterocycles. The molecule has 4 rings (SSSR count). The van der Waals surface area contributed by atoms with Crippen molar-refractivity contribution in [2.24, 2.45) is 0 Å². The van der Waals surface area contributed by atoms with E-state index in [0.717, 1.165) is 22.2 Å². The fourth-order valence-corrected chi connectivity index (χ4v) is 3.04. The topological polar surface area (TPSA) is 45.8 Å². The Morgan fingerprint density at radius 1 is 0.708 bits per heavy atom. The highest BCUT2D eigenvalue weighted by Gasteiger charge is 2.21. The highest BCUT2D eigenvalue weighted by Crippen LogP contribution is 2.29. The first kappa shape index (κ1) is 14.4. The van der Waals surface area contributed by atoms with Crippen LogP contribution in [0.2, 0.25) is 0 Å². The fourth-order valence-electron chi connectivity index (χ4n) is 3.04. The molecule has 0 aliphatic carbocycles. The minimum Gasteiger partial charge on any atom is -0.319 e. The number of nitrogens with one attached hydrogen (secondary N) is 1. The fraction of sp³-hybridized carbons (Fsp3) is 0.0476. The zero-order valence-electron chi connectivity index (χ0n) is 13.0. The van der Waals surface area contributed by atoms with Crippen LogP contribution in [0.4, 0.5) is 0 Å². The van der Waals surface area contributed by atoms with Crippen molar-refractivity contribution in [3.63, 3.8) is 0 Å². The summed E-state index contributed by atoms with van der Waals surface area (Å²) in [5.41, 5.74) is 4.03. The molecule has 0 spiro atoms. The standard InChI is InChI=1S/C21H16N2O/c24-21-20(22-17-13-7-8-14-18(17)23-21)19(15-9-3-1-4-10-15)16-11-5-2-6-12-16/h1-14,19H,(H,23,24). The highest BCUT2D eigenvalue weighted by atomic mass is 16.1. The van der Waals surface area contributed by atoms with Gasteiger partial charge >= 0.3 is 0 Å². The van der Waals surface area contributed by atoms with E-state index in [1.54, 1.807) is 0 Å². The summed E-state index contributed by atoms with van der Waals surface area (Å²) in [7, 11) is 0. The predicted molar refractivity (Wildman–Crippen MR) is 96.2 cm³/mol. The van der Waals surface area contributed by atoms with Crippen LogP contribution in [0.3, 0.4) is 0 Å². The van der Waals surface area contributed by atoms with Gasteiger partial charge < -0.3 is 4.98 Å². The number of hydrogen-bond acceptors (Lipinski definition) is 2. The molecular weight excluding hydrogens is 296 g/mol. The quantitative estimate of drug-likeness (QED) is 0.619. The molecule has 24 heavy (non-hydrogen) atoms. The average Bonchev–Trinajstić information content (AvgIpc) is 2.64. The third-order valence-corrected chi connectivity index (χ3v) is 4.17. The van der Waals surface area contributed by atoms with E-state index in [9.17, 15) is 4.79 Å². The largest absolute Gasteiger partial charge is 0.319 e. The van der Waals surface area contributed by atoms with Crippen LogP contribution >= 0.6 is 0 Å². The van der Waals surface area contributed by atoms with E-state index in [1.165, 1.54) is 0 Å². The summed E-state index contributed by atoms with van der Waals surface area (Å²) in [5, 5.41) is 0. The molecular formula is C21H16N2O. The van der Waals surface area contributed by atoms with Crippen LogP contribution in [0.25, 0.3) is 11.0 Å². The summed E-state index contributed by atoms with van der Waals surface area (Å²) >= 11 is 0. The van der Waals surface area contributed by atoms with Crippen molar-refractivity contribution in [1.82, 2.24) is 9.97 Å². The Morgan fingerprint density at radius 2 is 1.25 bits per heavy atom. The number of hydrogen-bond donors (Lipinski definition) is 1. The zero-order chi connectivity index (χ0) is 16.4. The summed E-state index contributed by atoms with van der Waals surface area (Å²) in [6, 6.07) is 27.7. The number of H-pyrrole nitrogens is 1. The summed E-state index contributed by atoms with van der Waals surface area (Å²) in [4.78, 5) is 20.3. The van der Waals surface area contributed by atoms with E-state index in [0.29, 0.717) is 5.69 Å². The van der Waals surface area contributed by atoms with E-state index in [1.807, 2.05) is 84.9 Å². The van der Waals surface area contributed by atoms with Gasteiger partial charge in [0.1, 0.15) is 5.69 Å². The first-order valence-electron chi connectivity index (χ1n) is 7.92. The Kier molecular flexibility index (Phi) is 3.67. The SMILES string of the molecule is O=c1[nH]c2ccccc2nc1C(c1ccccc1)c1ccccc1. The van der Waals surface area contributed by atoms with E-state index in [-0.39, 0.29) is 11.5 Å². The van der Waals surface area contributed by atoms with Crippen molar-refractivity contribution < 1.29 is 0 Å². The lowest BCUT2D eigenvalue weighted by atomic mass is 9.88. The minimum absolute atomic E-state index is 0.147. The van der Waals surface area contributed by atoms with Crippen molar-refractivity contribution >= 4 is 11.0 Å².